The Morgan fingerprint density at radius 3 is 2.68 bits per heavy atom. The molecule has 0 aliphatic rings. The summed E-state index contributed by atoms with van der Waals surface area (Å²) in [5, 5.41) is 18.1. The fourth-order valence-corrected chi connectivity index (χ4v) is 1.78. The number of hydrogen-bond donors (Lipinski definition) is 1. The molecule has 0 spiro atoms. The van der Waals surface area contributed by atoms with Crippen LogP contribution in [-0.2, 0) is 6.61 Å². The number of hydrogen-bond acceptors (Lipinski definition) is 3. The quantitative estimate of drug-likeness (QED) is 0.932. The molecule has 0 radical (unpaired) electrons. The Morgan fingerprint density at radius 1 is 1.26 bits per heavy atom. The minimum absolute atomic E-state index is 0.0983. The van der Waals surface area contributed by atoms with Crippen LogP contribution in [0.15, 0.2) is 36.4 Å². The van der Waals surface area contributed by atoms with E-state index in [4.69, 9.17) is 26.7 Å². The molecule has 2 aromatic rings. The monoisotopic (exact) mass is 277 g/mol. The van der Waals surface area contributed by atoms with E-state index < -0.39 is 5.82 Å². The number of ether oxygens (including phenoxy) is 1. The first-order chi connectivity index (χ1) is 9.15. The molecule has 0 aromatic heterocycles. The Kier molecular flexibility index (Phi) is 4.00. The van der Waals surface area contributed by atoms with Gasteiger partial charge >= 0.3 is 0 Å². The number of nitrogens with zero attached hydrogens (tertiary/aromatic N) is 1. The fraction of sp³-hybridized carbons (Fsp3) is 0.0714. The standard InChI is InChI=1S/C14H9ClFNO2/c15-11-6-9(8-18)4-5-14(11)19-13-3-1-2-12(16)10(13)7-17/h1-6,18H,8H2. The Hall–Kier alpha value is -2.09. The van der Waals surface area contributed by atoms with Gasteiger partial charge in [0.1, 0.15) is 28.9 Å². The number of aliphatic hydroxyl groups excluding tert-OH is 1. The Morgan fingerprint density at radius 2 is 2.05 bits per heavy atom. The first-order valence-corrected chi connectivity index (χ1v) is 5.79. The second kappa shape index (κ2) is 5.70. The fourth-order valence-electron chi connectivity index (χ4n) is 1.54. The molecule has 0 aliphatic carbocycles. The van der Waals surface area contributed by atoms with Gasteiger partial charge in [0.15, 0.2) is 0 Å². The summed E-state index contributed by atoms with van der Waals surface area (Å²) in [7, 11) is 0. The van der Waals surface area contributed by atoms with Crippen molar-refractivity contribution in [3.8, 4) is 17.6 Å². The van der Waals surface area contributed by atoms with E-state index in [9.17, 15) is 4.39 Å². The summed E-state index contributed by atoms with van der Waals surface area (Å²) in [6.45, 7) is -0.136. The summed E-state index contributed by atoms with van der Waals surface area (Å²) in [6.07, 6.45) is 0. The molecule has 0 saturated carbocycles. The molecule has 96 valence electrons. The summed E-state index contributed by atoms with van der Waals surface area (Å²) < 4.78 is 18.8. The maximum absolute atomic E-state index is 13.4. The smallest absolute Gasteiger partial charge is 0.148 e. The Bertz CT molecular complexity index is 652. The third-order valence-corrected chi connectivity index (χ3v) is 2.78. The number of nitriles is 1. The van der Waals surface area contributed by atoms with Crippen LogP contribution < -0.4 is 4.74 Å². The minimum atomic E-state index is -0.650. The lowest BCUT2D eigenvalue weighted by atomic mass is 10.2. The molecule has 0 heterocycles. The van der Waals surface area contributed by atoms with Crippen molar-refractivity contribution in [1.29, 1.82) is 5.26 Å². The molecule has 19 heavy (non-hydrogen) atoms. The average Bonchev–Trinajstić information content (AvgIpc) is 2.41. The van der Waals surface area contributed by atoms with Gasteiger partial charge in [0.2, 0.25) is 0 Å². The zero-order chi connectivity index (χ0) is 13.8. The Balaban J connectivity index is 2.37. The number of rotatable bonds is 3. The van der Waals surface area contributed by atoms with Gasteiger partial charge in [-0.25, -0.2) is 4.39 Å². The van der Waals surface area contributed by atoms with Crippen LogP contribution in [0.4, 0.5) is 4.39 Å². The van der Waals surface area contributed by atoms with Crippen molar-refractivity contribution in [2.24, 2.45) is 0 Å². The molecule has 0 bridgehead atoms. The summed E-state index contributed by atoms with van der Waals surface area (Å²) in [5.41, 5.74) is 0.460. The van der Waals surface area contributed by atoms with Gasteiger partial charge < -0.3 is 9.84 Å². The lowest BCUT2D eigenvalue weighted by molar-refractivity contribution is 0.281. The van der Waals surface area contributed by atoms with Crippen LogP contribution >= 0.6 is 11.6 Å². The van der Waals surface area contributed by atoms with E-state index in [1.807, 2.05) is 0 Å². The molecular weight excluding hydrogens is 269 g/mol. The van der Waals surface area contributed by atoms with Crippen molar-refractivity contribution < 1.29 is 14.2 Å². The van der Waals surface area contributed by atoms with Crippen LogP contribution in [0.3, 0.4) is 0 Å². The van der Waals surface area contributed by atoms with Gasteiger partial charge in [-0.15, -0.1) is 0 Å². The van der Waals surface area contributed by atoms with Crippen molar-refractivity contribution in [3.63, 3.8) is 0 Å². The van der Waals surface area contributed by atoms with E-state index in [1.165, 1.54) is 18.2 Å². The largest absolute Gasteiger partial charge is 0.454 e. The van der Waals surface area contributed by atoms with Crippen LogP contribution in [0.1, 0.15) is 11.1 Å². The highest BCUT2D eigenvalue weighted by molar-refractivity contribution is 6.32. The van der Waals surface area contributed by atoms with Crippen LogP contribution in [0.5, 0.6) is 11.5 Å². The van der Waals surface area contributed by atoms with E-state index in [2.05, 4.69) is 0 Å². The normalized spacial score (nSPS) is 10.0. The predicted octanol–water partition coefficient (Wildman–Crippen LogP) is 3.64. The van der Waals surface area contributed by atoms with Crippen molar-refractivity contribution in [2.45, 2.75) is 6.61 Å². The second-order valence-electron chi connectivity index (χ2n) is 3.75. The third kappa shape index (κ3) is 2.84. The van der Waals surface area contributed by atoms with E-state index in [1.54, 1.807) is 24.3 Å². The molecule has 2 aromatic carbocycles. The molecule has 2 rings (SSSR count). The molecule has 0 atom stereocenters. The molecule has 5 heteroatoms. The maximum atomic E-state index is 13.4. The molecule has 3 nitrogen and oxygen atoms in total. The van der Waals surface area contributed by atoms with Crippen LogP contribution in [0, 0.1) is 17.1 Å². The number of aliphatic hydroxyl groups is 1. The summed E-state index contributed by atoms with van der Waals surface area (Å²) in [5.74, 6) is -0.259. The van der Waals surface area contributed by atoms with Gasteiger partial charge in [-0.1, -0.05) is 23.7 Å². The van der Waals surface area contributed by atoms with Crippen molar-refractivity contribution in [2.75, 3.05) is 0 Å². The van der Waals surface area contributed by atoms with Gasteiger partial charge in [-0.2, -0.15) is 5.26 Å². The number of halogens is 2. The summed E-state index contributed by atoms with van der Waals surface area (Å²) >= 11 is 5.98. The predicted molar refractivity (Wildman–Crippen MR) is 68.6 cm³/mol. The van der Waals surface area contributed by atoms with Gasteiger partial charge in [-0.3, -0.25) is 0 Å². The van der Waals surface area contributed by atoms with Crippen LogP contribution in [0.25, 0.3) is 0 Å². The lowest BCUT2D eigenvalue weighted by Crippen LogP contribution is -1.93. The highest BCUT2D eigenvalue weighted by Crippen LogP contribution is 2.32. The van der Waals surface area contributed by atoms with Crippen molar-refractivity contribution >= 4 is 11.6 Å². The second-order valence-corrected chi connectivity index (χ2v) is 4.16. The Labute approximate surface area is 114 Å². The summed E-state index contributed by atoms with van der Waals surface area (Å²) in [4.78, 5) is 0. The first kappa shape index (κ1) is 13.3. The lowest BCUT2D eigenvalue weighted by Gasteiger charge is -2.10. The zero-order valence-corrected chi connectivity index (χ0v) is 10.5. The molecule has 0 amide bonds. The van der Waals surface area contributed by atoms with Crippen molar-refractivity contribution in [1.82, 2.24) is 0 Å². The zero-order valence-electron chi connectivity index (χ0n) is 9.73. The van der Waals surface area contributed by atoms with Gasteiger partial charge in [-0.05, 0) is 29.8 Å². The van der Waals surface area contributed by atoms with Gasteiger partial charge in [0.05, 0.1) is 11.6 Å². The highest BCUT2D eigenvalue weighted by Gasteiger charge is 2.11. The average molecular weight is 278 g/mol. The SMILES string of the molecule is N#Cc1c(F)cccc1Oc1ccc(CO)cc1Cl. The molecule has 0 unspecified atom stereocenters. The third-order valence-electron chi connectivity index (χ3n) is 2.49. The van der Waals surface area contributed by atoms with E-state index in [0.717, 1.165) is 0 Å². The van der Waals surface area contributed by atoms with Crippen molar-refractivity contribution in [3.05, 3.63) is 58.4 Å². The summed E-state index contributed by atoms with van der Waals surface area (Å²) in [6, 6.07) is 10.6. The first-order valence-electron chi connectivity index (χ1n) is 5.41. The molecular formula is C14H9ClFNO2. The molecule has 0 saturated heterocycles. The number of benzene rings is 2. The minimum Gasteiger partial charge on any atom is -0.454 e. The van der Waals surface area contributed by atoms with E-state index >= 15 is 0 Å². The molecule has 1 N–H and O–H groups in total. The van der Waals surface area contributed by atoms with Crippen LogP contribution in [-0.4, -0.2) is 5.11 Å². The maximum Gasteiger partial charge on any atom is 0.148 e. The molecule has 0 fully saturated rings. The highest BCUT2D eigenvalue weighted by atomic mass is 35.5. The van der Waals surface area contributed by atoms with Gasteiger partial charge in [0, 0.05) is 0 Å². The van der Waals surface area contributed by atoms with Gasteiger partial charge in [0.25, 0.3) is 0 Å². The van der Waals surface area contributed by atoms with E-state index in [-0.39, 0.29) is 22.9 Å². The molecule has 0 aliphatic heterocycles. The van der Waals surface area contributed by atoms with E-state index in [0.29, 0.717) is 11.3 Å². The van der Waals surface area contributed by atoms with Crippen LogP contribution in [0.2, 0.25) is 5.02 Å². The topological polar surface area (TPSA) is 53.2 Å².